The van der Waals surface area contributed by atoms with Crippen molar-refractivity contribution in [1.29, 1.82) is 0 Å². The molecular weight excluding hydrogens is 442 g/mol. The number of aromatic nitrogens is 9. The van der Waals surface area contributed by atoms with Crippen molar-refractivity contribution in [1.82, 2.24) is 49.8 Å². The number of aliphatic hydroxyl groups is 2. The average Bonchev–Trinajstić information content (AvgIpc) is 3.14. The molecule has 0 aliphatic heterocycles. The molecule has 0 radical (unpaired) electrons. The molecule has 4 heterocycles. The maximum atomic E-state index is 12.5. The molecule has 6 rings (SSSR count). The zero-order valence-corrected chi connectivity index (χ0v) is 18.2. The van der Waals surface area contributed by atoms with E-state index in [9.17, 15) is 15.0 Å². The van der Waals surface area contributed by atoms with E-state index in [0.29, 0.717) is 34.8 Å². The highest BCUT2D eigenvalue weighted by molar-refractivity contribution is 5.88. The zero-order chi connectivity index (χ0) is 23.6. The van der Waals surface area contributed by atoms with Crippen LogP contribution in [0.15, 0.2) is 31.1 Å². The number of imidazole rings is 1. The summed E-state index contributed by atoms with van der Waals surface area (Å²) >= 11 is 0. The highest BCUT2D eigenvalue weighted by atomic mass is 16.3. The molecule has 0 spiro atoms. The summed E-state index contributed by atoms with van der Waals surface area (Å²) in [6.07, 6.45) is 6.02. The van der Waals surface area contributed by atoms with Crippen LogP contribution in [0.5, 0.6) is 0 Å². The smallest absolute Gasteiger partial charge is 0.256 e. The third kappa shape index (κ3) is 2.69. The van der Waals surface area contributed by atoms with E-state index >= 15 is 0 Å². The second kappa shape index (κ2) is 7.23. The fourth-order valence-electron chi connectivity index (χ4n) is 5.10. The van der Waals surface area contributed by atoms with E-state index in [4.69, 9.17) is 0 Å². The number of hydrogen-bond donors (Lipinski definition) is 4. The molecule has 174 valence electrons. The second-order valence-electron chi connectivity index (χ2n) is 8.44. The largest absolute Gasteiger partial charge is 0.389 e. The maximum Gasteiger partial charge on any atom is 0.256 e. The normalized spacial score (nSPS) is 27.5. The van der Waals surface area contributed by atoms with Gasteiger partial charge in [0.25, 0.3) is 5.95 Å². The zero-order valence-electron chi connectivity index (χ0n) is 18.2. The van der Waals surface area contributed by atoms with E-state index in [2.05, 4.69) is 45.9 Å². The van der Waals surface area contributed by atoms with Gasteiger partial charge in [-0.15, -0.1) is 5.10 Å². The van der Waals surface area contributed by atoms with Crippen molar-refractivity contribution in [3.05, 3.63) is 31.1 Å². The van der Waals surface area contributed by atoms with Crippen LogP contribution in [-0.2, 0) is 4.79 Å². The molecule has 2 saturated carbocycles. The van der Waals surface area contributed by atoms with Crippen LogP contribution in [0.1, 0.15) is 12.5 Å². The molecular formula is C20H21N11O3. The topological polar surface area (TPSA) is 182 Å². The Kier molecular flexibility index (Phi) is 4.37. The summed E-state index contributed by atoms with van der Waals surface area (Å²) in [5.74, 6) is 0.154. The van der Waals surface area contributed by atoms with E-state index in [1.165, 1.54) is 11.7 Å². The van der Waals surface area contributed by atoms with Crippen LogP contribution in [0.2, 0.25) is 0 Å². The summed E-state index contributed by atoms with van der Waals surface area (Å²) in [5.41, 5.74) is 0.964. The minimum absolute atomic E-state index is 0.225. The number of anilines is 1. The molecule has 4 aromatic heterocycles. The Morgan fingerprint density at radius 1 is 1.18 bits per heavy atom. The van der Waals surface area contributed by atoms with E-state index < -0.39 is 23.7 Å². The molecule has 4 aromatic rings. The maximum absolute atomic E-state index is 12.5. The van der Waals surface area contributed by atoms with E-state index in [-0.39, 0.29) is 17.8 Å². The monoisotopic (exact) mass is 463 g/mol. The lowest BCUT2D eigenvalue weighted by Gasteiger charge is -2.23. The summed E-state index contributed by atoms with van der Waals surface area (Å²) in [6.45, 7) is 0. The van der Waals surface area contributed by atoms with Gasteiger partial charge in [0.15, 0.2) is 17.0 Å². The minimum atomic E-state index is -1.19. The molecule has 5 atom stereocenters. The fraction of sp³-hybridized carbons (Fsp3) is 0.400. The Morgan fingerprint density at radius 3 is 2.76 bits per heavy atom. The van der Waals surface area contributed by atoms with Gasteiger partial charge in [0, 0.05) is 32.4 Å². The second-order valence-corrected chi connectivity index (χ2v) is 8.44. The van der Waals surface area contributed by atoms with Crippen molar-refractivity contribution in [3.63, 3.8) is 0 Å². The highest BCUT2D eigenvalue weighted by Gasteiger charge is 2.75. The Labute approximate surface area is 192 Å². The molecule has 2 fully saturated rings. The van der Waals surface area contributed by atoms with Crippen LogP contribution < -0.4 is 10.6 Å². The summed E-state index contributed by atoms with van der Waals surface area (Å²) in [4.78, 5) is 34.4. The summed E-state index contributed by atoms with van der Waals surface area (Å²) < 4.78 is 3.12. The number of nitrogens with zero attached hydrogens (tertiary/aromatic N) is 9. The number of amides is 1. The summed E-state index contributed by atoms with van der Waals surface area (Å²) in [6, 6.07) is -0.573. The first-order valence-corrected chi connectivity index (χ1v) is 10.7. The third-order valence-electron chi connectivity index (χ3n) is 6.81. The predicted octanol–water partition coefficient (Wildman–Crippen LogP) is -1.07. The van der Waals surface area contributed by atoms with E-state index in [1.807, 2.05) is 0 Å². The van der Waals surface area contributed by atoms with Gasteiger partial charge in [-0.1, -0.05) is 5.21 Å². The minimum Gasteiger partial charge on any atom is -0.389 e. The van der Waals surface area contributed by atoms with Crippen LogP contribution >= 0.6 is 0 Å². The number of hydrogen-bond acceptors (Lipinski definition) is 11. The van der Waals surface area contributed by atoms with Crippen LogP contribution in [-0.4, -0.2) is 86.9 Å². The molecule has 0 aromatic carbocycles. The van der Waals surface area contributed by atoms with Gasteiger partial charge in [0.1, 0.15) is 17.5 Å². The van der Waals surface area contributed by atoms with Crippen molar-refractivity contribution in [2.45, 2.75) is 24.7 Å². The first kappa shape index (κ1) is 20.6. The molecule has 0 saturated heterocycles. The molecule has 2 aliphatic rings. The lowest BCUT2D eigenvalue weighted by Crippen LogP contribution is -2.41. The van der Waals surface area contributed by atoms with E-state index in [0.717, 1.165) is 0 Å². The number of carbonyl (C=O) groups is 1. The molecule has 1 amide bonds. The molecule has 2 aliphatic carbocycles. The predicted molar refractivity (Wildman–Crippen MR) is 116 cm³/mol. The van der Waals surface area contributed by atoms with Crippen LogP contribution in [0, 0.1) is 11.3 Å². The fourth-order valence-corrected chi connectivity index (χ4v) is 5.10. The Balaban J connectivity index is 1.44. The Bertz CT molecular complexity index is 1400. The van der Waals surface area contributed by atoms with Crippen LogP contribution in [0.4, 0.5) is 5.82 Å². The molecule has 1 unspecified atom stereocenters. The van der Waals surface area contributed by atoms with Gasteiger partial charge in [-0.3, -0.25) is 14.8 Å². The van der Waals surface area contributed by atoms with Gasteiger partial charge in [-0.25, -0.2) is 4.98 Å². The number of rotatable bonds is 5. The lowest BCUT2D eigenvalue weighted by molar-refractivity contribution is -0.132. The Morgan fingerprint density at radius 2 is 2.03 bits per heavy atom. The molecule has 0 bridgehead atoms. The number of aliphatic hydroxyl groups excluding tert-OH is 2. The quantitative estimate of drug-likeness (QED) is 0.283. The average molecular weight is 463 g/mol. The lowest BCUT2D eigenvalue weighted by atomic mass is 9.98. The van der Waals surface area contributed by atoms with E-state index in [1.54, 1.807) is 42.7 Å². The van der Waals surface area contributed by atoms with Gasteiger partial charge in [0.05, 0.1) is 36.3 Å². The first-order chi connectivity index (χ1) is 16.5. The van der Waals surface area contributed by atoms with Gasteiger partial charge < -0.3 is 25.4 Å². The molecule has 4 N–H and O–H groups in total. The Hall–Kier alpha value is -4.04. The standard InChI is InChI=1S/C20H21N11O3/c1-21-16-12-17(27-19(26-16)31-7-11(28-29-31)10-6-23-3-4-24-10)30(8-25-12)13-9-5-20(9,18(34)22-2)15(33)14(13)32/h3-4,6-9,13-15,32-33H,5H2,1-2H3,(H,22,34)(H,21,26,27)/t9?,13-,14+,15+,20-/m1/s1. The summed E-state index contributed by atoms with van der Waals surface area (Å²) in [5, 5.41) is 35.5. The molecule has 34 heavy (non-hydrogen) atoms. The van der Waals surface area contributed by atoms with Crippen molar-refractivity contribution in [2.24, 2.45) is 11.3 Å². The van der Waals surface area contributed by atoms with Crippen molar-refractivity contribution < 1.29 is 15.0 Å². The molecule has 14 heteroatoms. The first-order valence-electron chi connectivity index (χ1n) is 10.7. The third-order valence-corrected chi connectivity index (χ3v) is 6.81. The van der Waals surface area contributed by atoms with Gasteiger partial charge in [-0.05, 0) is 6.42 Å². The van der Waals surface area contributed by atoms with Gasteiger partial charge in [-0.2, -0.15) is 14.6 Å². The van der Waals surface area contributed by atoms with Crippen molar-refractivity contribution in [3.8, 4) is 17.3 Å². The summed E-state index contributed by atoms with van der Waals surface area (Å²) in [7, 11) is 3.24. The SMILES string of the molecule is CNC(=O)[C@]12CC1[C@@H](n1cnc3c(NC)nc(-n4cc(-c5cnccn5)nn4)nc31)[C@H](O)[C@@H]2O. The number of fused-ring (bicyclic) bond motifs is 2. The molecule has 14 nitrogen and oxygen atoms in total. The number of nitrogens with one attached hydrogen (secondary N) is 2. The van der Waals surface area contributed by atoms with Crippen molar-refractivity contribution in [2.75, 3.05) is 19.4 Å². The highest BCUT2D eigenvalue weighted by Crippen LogP contribution is 2.67. The van der Waals surface area contributed by atoms with Gasteiger partial charge >= 0.3 is 0 Å². The number of carbonyl (C=O) groups excluding carboxylic acids is 1. The van der Waals surface area contributed by atoms with Crippen molar-refractivity contribution >= 4 is 22.9 Å². The van der Waals surface area contributed by atoms with Crippen LogP contribution in [0.25, 0.3) is 28.5 Å². The van der Waals surface area contributed by atoms with Crippen LogP contribution in [0.3, 0.4) is 0 Å². The van der Waals surface area contributed by atoms with Gasteiger partial charge in [0.2, 0.25) is 5.91 Å².